The number of likely N-dealkylation sites (tertiary alicyclic amines) is 1. The van der Waals surface area contributed by atoms with Crippen LogP contribution in [0.3, 0.4) is 0 Å². The lowest BCUT2D eigenvalue weighted by Crippen LogP contribution is -2.28. The minimum Gasteiger partial charge on any atom is -0.390 e. The Morgan fingerprint density at radius 1 is 1.33 bits per heavy atom. The first kappa shape index (κ1) is 12.9. The molecular formula is C12H17N3O2S. The highest BCUT2D eigenvalue weighted by atomic mass is 32.1. The number of nitrogens with one attached hydrogen (secondary N) is 1. The van der Waals surface area contributed by atoms with E-state index in [1.807, 2.05) is 0 Å². The summed E-state index contributed by atoms with van der Waals surface area (Å²) in [7, 11) is 1.57. The number of nitrogen functional groups attached to an aromatic ring is 1. The van der Waals surface area contributed by atoms with Crippen LogP contribution < -0.4 is 11.1 Å². The Labute approximate surface area is 110 Å². The molecular weight excluding hydrogens is 250 g/mol. The van der Waals surface area contributed by atoms with Gasteiger partial charge in [0.25, 0.3) is 11.8 Å². The maximum atomic E-state index is 12.3. The van der Waals surface area contributed by atoms with Crippen LogP contribution in [0.25, 0.3) is 0 Å². The molecule has 1 aromatic rings. The molecule has 2 rings (SSSR count). The summed E-state index contributed by atoms with van der Waals surface area (Å²) in [6.45, 7) is 3.34. The minimum atomic E-state index is -0.190. The van der Waals surface area contributed by atoms with E-state index < -0.39 is 0 Å². The van der Waals surface area contributed by atoms with E-state index in [1.54, 1.807) is 18.9 Å². The molecule has 0 spiro atoms. The summed E-state index contributed by atoms with van der Waals surface area (Å²) in [5.41, 5.74) is 7.08. The number of anilines is 1. The van der Waals surface area contributed by atoms with Gasteiger partial charge in [0.1, 0.15) is 0 Å². The highest BCUT2D eigenvalue weighted by Gasteiger charge is 2.27. The van der Waals surface area contributed by atoms with Gasteiger partial charge in [-0.1, -0.05) is 0 Å². The molecule has 1 aliphatic heterocycles. The standard InChI is InChI=1S/C12H17N3O2S/c1-7-8(12(17)15-5-3-4-6-15)10(13)18-9(7)11(16)14-2/h3-6,13H2,1-2H3,(H,14,16). The van der Waals surface area contributed by atoms with Crippen LogP contribution in [0, 0.1) is 6.92 Å². The summed E-state index contributed by atoms with van der Waals surface area (Å²) in [5.74, 6) is -0.237. The predicted octanol–water partition coefficient (Wildman–Crippen LogP) is 1.23. The zero-order valence-electron chi connectivity index (χ0n) is 10.6. The fraction of sp³-hybridized carbons (Fsp3) is 0.500. The van der Waals surface area contributed by atoms with Crippen molar-refractivity contribution < 1.29 is 9.59 Å². The van der Waals surface area contributed by atoms with Crippen molar-refractivity contribution in [3.63, 3.8) is 0 Å². The normalized spacial score (nSPS) is 14.9. The zero-order valence-corrected chi connectivity index (χ0v) is 11.4. The van der Waals surface area contributed by atoms with Crippen molar-refractivity contribution in [1.29, 1.82) is 0 Å². The van der Waals surface area contributed by atoms with Crippen LogP contribution in [0.1, 0.15) is 38.4 Å². The largest absolute Gasteiger partial charge is 0.390 e. The van der Waals surface area contributed by atoms with Crippen LogP contribution in [0.5, 0.6) is 0 Å². The average Bonchev–Trinajstić information content (AvgIpc) is 2.96. The second-order valence-corrected chi connectivity index (χ2v) is 5.43. The number of hydrogen-bond donors (Lipinski definition) is 2. The molecule has 2 amide bonds. The first-order valence-electron chi connectivity index (χ1n) is 5.96. The van der Waals surface area contributed by atoms with E-state index in [9.17, 15) is 9.59 Å². The molecule has 1 fully saturated rings. The van der Waals surface area contributed by atoms with E-state index in [0.29, 0.717) is 21.0 Å². The van der Waals surface area contributed by atoms with Crippen molar-refractivity contribution in [1.82, 2.24) is 10.2 Å². The minimum absolute atomic E-state index is 0.0473. The van der Waals surface area contributed by atoms with Crippen molar-refractivity contribution in [2.24, 2.45) is 0 Å². The van der Waals surface area contributed by atoms with Crippen LogP contribution in [0.15, 0.2) is 0 Å². The van der Waals surface area contributed by atoms with Gasteiger partial charge in [-0.15, -0.1) is 11.3 Å². The number of nitrogens with zero attached hydrogens (tertiary/aromatic N) is 1. The summed E-state index contributed by atoms with van der Waals surface area (Å²) < 4.78 is 0. The first-order valence-corrected chi connectivity index (χ1v) is 6.78. The van der Waals surface area contributed by atoms with Crippen LogP contribution in [-0.2, 0) is 0 Å². The maximum Gasteiger partial charge on any atom is 0.261 e. The number of nitrogens with two attached hydrogens (primary N) is 1. The lowest BCUT2D eigenvalue weighted by molar-refractivity contribution is 0.0793. The van der Waals surface area contributed by atoms with E-state index in [-0.39, 0.29) is 11.8 Å². The molecule has 18 heavy (non-hydrogen) atoms. The first-order chi connectivity index (χ1) is 8.56. The van der Waals surface area contributed by atoms with Gasteiger partial charge in [-0.05, 0) is 25.3 Å². The monoisotopic (exact) mass is 267 g/mol. The number of carbonyl (C=O) groups excluding carboxylic acids is 2. The van der Waals surface area contributed by atoms with Gasteiger partial charge < -0.3 is 16.0 Å². The number of carbonyl (C=O) groups is 2. The third-order valence-corrected chi connectivity index (χ3v) is 4.33. The molecule has 3 N–H and O–H groups in total. The molecule has 0 saturated carbocycles. The Hall–Kier alpha value is -1.56. The SMILES string of the molecule is CNC(=O)c1sc(N)c(C(=O)N2CCCC2)c1C. The third kappa shape index (κ3) is 2.08. The van der Waals surface area contributed by atoms with Gasteiger partial charge in [-0.3, -0.25) is 9.59 Å². The van der Waals surface area contributed by atoms with Gasteiger partial charge in [0.05, 0.1) is 15.4 Å². The topological polar surface area (TPSA) is 75.4 Å². The molecule has 6 heteroatoms. The third-order valence-electron chi connectivity index (χ3n) is 3.21. The smallest absolute Gasteiger partial charge is 0.261 e. The van der Waals surface area contributed by atoms with Gasteiger partial charge in [0.15, 0.2) is 0 Å². The second-order valence-electron chi connectivity index (χ2n) is 4.37. The molecule has 5 nitrogen and oxygen atoms in total. The number of rotatable bonds is 2. The van der Waals surface area contributed by atoms with Gasteiger partial charge >= 0.3 is 0 Å². The number of thiophene rings is 1. The van der Waals surface area contributed by atoms with Crippen molar-refractivity contribution >= 4 is 28.2 Å². The average molecular weight is 267 g/mol. The molecule has 0 atom stereocenters. The van der Waals surface area contributed by atoms with Crippen molar-refractivity contribution in [3.05, 3.63) is 16.0 Å². The Balaban J connectivity index is 2.35. The second kappa shape index (κ2) is 4.97. The van der Waals surface area contributed by atoms with E-state index in [0.717, 1.165) is 25.9 Å². The van der Waals surface area contributed by atoms with Crippen molar-refractivity contribution in [2.45, 2.75) is 19.8 Å². The van der Waals surface area contributed by atoms with E-state index in [1.165, 1.54) is 11.3 Å². The van der Waals surface area contributed by atoms with E-state index >= 15 is 0 Å². The molecule has 98 valence electrons. The van der Waals surface area contributed by atoms with Crippen LogP contribution in [0.2, 0.25) is 0 Å². The highest BCUT2D eigenvalue weighted by Crippen LogP contribution is 2.32. The Morgan fingerprint density at radius 3 is 2.50 bits per heavy atom. The molecule has 0 aromatic carbocycles. The van der Waals surface area contributed by atoms with Crippen LogP contribution >= 0.6 is 11.3 Å². The Bertz CT molecular complexity index is 490. The molecule has 0 aliphatic carbocycles. The maximum absolute atomic E-state index is 12.3. The van der Waals surface area contributed by atoms with Gasteiger partial charge in [-0.2, -0.15) is 0 Å². The van der Waals surface area contributed by atoms with E-state index in [4.69, 9.17) is 5.73 Å². The highest BCUT2D eigenvalue weighted by molar-refractivity contribution is 7.18. The number of amides is 2. The fourth-order valence-electron chi connectivity index (χ4n) is 2.21. The lowest BCUT2D eigenvalue weighted by Gasteiger charge is -2.15. The summed E-state index contributed by atoms with van der Waals surface area (Å²) in [5, 5.41) is 3.00. The zero-order chi connectivity index (χ0) is 13.3. The Kier molecular flexibility index (Phi) is 3.56. The van der Waals surface area contributed by atoms with Gasteiger partial charge in [0.2, 0.25) is 0 Å². The molecule has 0 bridgehead atoms. The molecule has 2 heterocycles. The number of hydrogen-bond acceptors (Lipinski definition) is 4. The Morgan fingerprint density at radius 2 is 1.94 bits per heavy atom. The molecule has 0 unspecified atom stereocenters. The summed E-state index contributed by atoms with van der Waals surface area (Å²) >= 11 is 1.18. The fourth-order valence-corrected chi connectivity index (χ4v) is 3.22. The molecule has 1 aliphatic rings. The summed E-state index contributed by atoms with van der Waals surface area (Å²) in [6, 6.07) is 0. The summed E-state index contributed by atoms with van der Waals surface area (Å²) in [6.07, 6.45) is 2.08. The van der Waals surface area contributed by atoms with E-state index in [2.05, 4.69) is 5.32 Å². The van der Waals surface area contributed by atoms with Gasteiger partial charge in [-0.25, -0.2) is 0 Å². The molecule has 1 aromatic heterocycles. The molecule has 0 radical (unpaired) electrons. The van der Waals surface area contributed by atoms with Gasteiger partial charge in [0, 0.05) is 20.1 Å². The predicted molar refractivity (Wildman–Crippen MR) is 72.0 cm³/mol. The van der Waals surface area contributed by atoms with Crippen molar-refractivity contribution in [3.8, 4) is 0 Å². The van der Waals surface area contributed by atoms with Crippen LogP contribution in [0.4, 0.5) is 5.00 Å². The van der Waals surface area contributed by atoms with Crippen molar-refractivity contribution in [2.75, 3.05) is 25.9 Å². The summed E-state index contributed by atoms with van der Waals surface area (Å²) in [4.78, 5) is 26.3. The quantitative estimate of drug-likeness (QED) is 0.846. The van der Waals surface area contributed by atoms with Crippen LogP contribution in [-0.4, -0.2) is 36.9 Å². The lowest BCUT2D eigenvalue weighted by atomic mass is 10.1. The molecule has 1 saturated heterocycles.